The van der Waals surface area contributed by atoms with Crippen molar-refractivity contribution in [3.63, 3.8) is 0 Å². The van der Waals surface area contributed by atoms with E-state index >= 15 is 0 Å². The first-order chi connectivity index (χ1) is 8.69. The fourth-order valence-electron chi connectivity index (χ4n) is 1.68. The highest BCUT2D eigenvalue weighted by molar-refractivity contribution is 5.36. The zero-order valence-corrected chi connectivity index (χ0v) is 11.0. The zero-order valence-electron chi connectivity index (χ0n) is 11.0. The van der Waals surface area contributed by atoms with Crippen LogP contribution in [0.5, 0.6) is 11.8 Å². The molecule has 1 aromatic carbocycles. The molecule has 2 aromatic rings. The van der Waals surface area contributed by atoms with Crippen LogP contribution < -0.4 is 10.1 Å². The molecule has 96 valence electrons. The lowest BCUT2D eigenvalue weighted by molar-refractivity contribution is 0.329. The SMILES string of the molecule is CCNCc1coc(Oc2ccc(C)cc2C)n1. The van der Waals surface area contributed by atoms with Crippen molar-refractivity contribution in [3.8, 4) is 11.8 Å². The summed E-state index contributed by atoms with van der Waals surface area (Å²) in [5.74, 6) is 0.775. The van der Waals surface area contributed by atoms with Crippen molar-refractivity contribution in [2.24, 2.45) is 0 Å². The summed E-state index contributed by atoms with van der Waals surface area (Å²) in [7, 11) is 0. The van der Waals surface area contributed by atoms with Crippen LogP contribution in [0.4, 0.5) is 0 Å². The van der Waals surface area contributed by atoms with E-state index in [1.807, 2.05) is 26.0 Å². The number of ether oxygens (including phenoxy) is 1. The van der Waals surface area contributed by atoms with Crippen LogP contribution in [0.15, 0.2) is 28.9 Å². The molecule has 2 rings (SSSR count). The van der Waals surface area contributed by atoms with Gasteiger partial charge in [-0.3, -0.25) is 0 Å². The number of rotatable bonds is 5. The molecule has 4 heteroatoms. The third-order valence-electron chi connectivity index (χ3n) is 2.61. The zero-order chi connectivity index (χ0) is 13.0. The van der Waals surface area contributed by atoms with Crippen molar-refractivity contribution in [3.05, 3.63) is 41.3 Å². The predicted octanol–water partition coefficient (Wildman–Crippen LogP) is 3.19. The summed E-state index contributed by atoms with van der Waals surface area (Å²) in [5, 5.41) is 3.18. The van der Waals surface area contributed by atoms with Crippen LogP contribution in [0.25, 0.3) is 0 Å². The van der Waals surface area contributed by atoms with Gasteiger partial charge < -0.3 is 14.5 Å². The van der Waals surface area contributed by atoms with Gasteiger partial charge in [-0.25, -0.2) is 0 Å². The fourth-order valence-corrected chi connectivity index (χ4v) is 1.68. The van der Waals surface area contributed by atoms with Crippen molar-refractivity contribution in [2.75, 3.05) is 6.54 Å². The first-order valence-electron chi connectivity index (χ1n) is 6.09. The Labute approximate surface area is 107 Å². The number of oxazole rings is 1. The van der Waals surface area contributed by atoms with E-state index in [1.54, 1.807) is 6.26 Å². The van der Waals surface area contributed by atoms with Gasteiger partial charge in [0.2, 0.25) is 0 Å². The Morgan fingerprint density at radius 2 is 2.17 bits per heavy atom. The normalized spacial score (nSPS) is 10.6. The van der Waals surface area contributed by atoms with Crippen molar-refractivity contribution >= 4 is 0 Å². The highest BCUT2D eigenvalue weighted by atomic mass is 16.6. The minimum atomic E-state index is 0.287. The van der Waals surface area contributed by atoms with Gasteiger partial charge in [0.25, 0.3) is 0 Å². The second-order valence-corrected chi connectivity index (χ2v) is 4.26. The summed E-state index contributed by atoms with van der Waals surface area (Å²) in [6.07, 6.45) is 1.90. The molecule has 0 fully saturated rings. The lowest BCUT2D eigenvalue weighted by Gasteiger charge is -2.05. The van der Waals surface area contributed by atoms with E-state index < -0.39 is 0 Å². The molecule has 1 heterocycles. The molecule has 0 aliphatic heterocycles. The lowest BCUT2D eigenvalue weighted by atomic mass is 10.1. The summed E-state index contributed by atoms with van der Waals surface area (Å²) in [4.78, 5) is 4.26. The molecule has 0 radical (unpaired) electrons. The molecule has 0 saturated heterocycles. The van der Waals surface area contributed by atoms with E-state index in [9.17, 15) is 0 Å². The van der Waals surface area contributed by atoms with Crippen LogP contribution in [-0.4, -0.2) is 11.5 Å². The summed E-state index contributed by atoms with van der Waals surface area (Å²) in [6, 6.07) is 6.00. The number of nitrogens with one attached hydrogen (secondary N) is 1. The second-order valence-electron chi connectivity index (χ2n) is 4.26. The van der Waals surface area contributed by atoms with E-state index in [0.717, 1.165) is 23.6 Å². The Balaban J connectivity index is 2.06. The predicted molar refractivity (Wildman–Crippen MR) is 69.9 cm³/mol. The van der Waals surface area contributed by atoms with Crippen LogP contribution in [0.2, 0.25) is 0 Å². The average Bonchev–Trinajstić information content (AvgIpc) is 2.78. The van der Waals surface area contributed by atoms with Gasteiger partial charge >= 0.3 is 6.08 Å². The lowest BCUT2D eigenvalue weighted by Crippen LogP contribution is -2.11. The van der Waals surface area contributed by atoms with Gasteiger partial charge in [0, 0.05) is 6.54 Å². The van der Waals surface area contributed by atoms with Gasteiger partial charge in [0.1, 0.15) is 12.0 Å². The van der Waals surface area contributed by atoms with E-state index in [0.29, 0.717) is 6.54 Å². The third kappa shape index (κ3) is 3.11. The Morgan fingerprint density at radius 1 is 1.33 bits per heavy atom. The van der Waals surface area contributed by atoms with Crippen LogP contribution in [0.3, 0.4) is 0 Å². The van der Waals surface area contributed by atoms with E-state index in [-0.39, 0.29) is 6.08 Å². The molecule has 0 bridgehead atoms. The molecule has 18 heavy (non-hydrogen) atoms. The van der Waals surface area contributed by atoms with E-state index in [4.69, 9.17) is 9.15 Å². The summed E-state index contributed by atoms with van der Waals surface area (Å²) in [6.45, 7) is 7.70. The number of aromatic nitrogens is 1. The van der Waals surface area contributed by atoms with Gasteiger partial charge in [-0.15, -0.1) is 0 Å². The van der Waals surface area contributed by atoms with Gasteiger partial charge in [-0.05, 0) is 32.0 Å². The molecule has 1 aromatic heterocycles. The molecular formula is C14H18N2O2. The highest BCUT2D eigenvalue weighted by Crippen LogP contribution is 2.25. The molecule has 0 unspecified atom stereocenters. The van der Waals surface area contributed by atoms with Crippen LogP contribution in [0.1, 0.15) is 23.7 Å². The summed E-state index contributed by atoms with van der Waals surface area (Å²) in [5.41, 5.74) is 3.12. The Bertz CT molecular complexity index is 520. The smallest absolute Gasteiger partial charge is 0.399 e. The second kappa shape index (κ2) is 5.69. The molecule has 0 spiro atoms. The Kier molecular flexibility index (Phi) is 3.99. The number of benzene rings is 1. The van der Waals surface area contributed by atoms with Crippen molar-refractivity contribution in [1.29, 1.82) is 0 Å². The maximum absolute atomic E-state index is 5.62. The van der Waals surface area contributed by atoms with Crippen LogP contribution in [-0.2, 0) is 6.54 Å². The number of hydrogen-bond acceptors (Lipinski definition) is 4. The Morgan fingerprint density at radius 3 is 2.89 bits per heavy atom. The monoisotopic (exact) mass is 246 g/mol. The molecule has 1 N–H and O–H groups in total. The highest BCUT2D eigenvalue weighted by Gasteiger charge is 2.07. The van der Waals surface area contributed by atoms with Crippen molar-refractivity contribution < 1.29 is 9.15 Å². The standard InChI is InChI=1S/C14H18N2O2/c1-4-15-8-12-9-17-14(16-12)18-13-6-5-10(2)7-11(13)3/h5-7,9,15H,4,8H2,1-3H3. The van der Waals surface area contributed by atoms with Gasteiger partial charge in [0.15, 0.2) is 0 Å². The minimum Gasteiger partial charge on any atom is -0.417 e. The molecule has 0 atom stereocenters. The molecule has 0 aliphatic carbocycles. The largest absolute Gasteiger partial charge is 0.417 e. The van der Waals surface area contributed by atoms with Gasteiger partial charge in [0.05, 0.1) is 5.69 Å². The van der Waals surface area contributed by atoms with Crippen LogP contribution in [0, 0.1) is 13.8 Å². The van der Waals surface area contributed by atoms with Crippen molar-refractivity contribution in [2.45, 2.75) is 27.3 Å². The summed E-state index contributed by atoms with van der Waals surface area (Å²) >= 11 is 0. The van der Waals surface area contributed by atoms with Gasteiger partial charge in [-0.1, -0.05) is 24.6 Å². The number of nitrogens with zero attached hydrogens (tertiary/aromatic N) is 1. The minimum absolute atomic E-state index is 0.287. The quantitative estimate of drug-likeness (QED) is 0.880. The summed E-state index contributed by atoms with van der Waals surface area (Å²) < 4.78 is 10.9. The average molecular weight is 246 g/mol. The molecule has 4 nitrogen and oxygen atoms in total. The van der Waals surface area contributed by atoms with Crippen molar-refractivity contribution in [1.82, 2.24) is 10.3 Å². The first kappa shape index (κ1) is 12.6. The van der Waals surface area contributed by atoms with E-state index in [2.05, 4.69) is 23.3 Å². The van der Waals surface area contributed by atoms with Crippen LogP contribution >= 0.6 is 0 Å². The number of hydrogen-bond donors (Lipinski definition) is 1. The number of aryl methyl sites for hydroxylation is 2. The first-order valence-corrected chi connectivity index (χ1v) is 6.09. The molecule has 0 amide bonds. The van der Waals surface area contributed by atoms with Gasteiger partial charge in [-0.2, -0.15) is 4.98 Å². The topological polar surface area (TPSA) is 47.3 Å². The molecule has 0 saturated carbocycles. The third-order valence-corrected chi connectivity index (χ3v) is 2.61. The van der Waals surface area contributed by atoms with E-state index in [1.165, 1.54) is 5.56 Å². The fraction of sp³-hybridized carbons (Fsp3) is 0.357. The Hall–Kier alpha value is -1.81. The molecular weight excluding hydrogens is 228 g/mol. The maximum Gasteiger partial charge on any atom is 0.399 e. The molecule has 0 aliphatic rings. The maximum atomic E-state index is 5.62.